The largest absolute Gasteiger partial charge is 0.493 e. The smallest absolute Gasteiger partial charge is 0.227 e. The van der Waals surface area contributed by atoms with Crippen LogP contribution in [0.2, 0.25) is 0 Å². The summed E-state index contributed by atoms with van der Waals surface area (Å²) < 4.78 is 10.5. The Morgan fingerprint density at radius 3 is 2.42 bits per heavy atom. The van der Waals surface area contributed by atoms with E-state index in [9.17, 15) is 4.79 Å². The molecule has 0 unspecified atom stereocenters. The average Bonchev–Trinajstić information content (AvgIpc) is 2.68. The molecule has 1 aromatic carbocycles. The van der Waals surface area contributed by atoms with Crippen LogP contribution in [0.3, 0.4) is 0 Å². The highest BCUT2D eigenvalue weighted by atomic mass is 16.5. The molecule has 1 fully saturated rings. The van der Waals surface area contributed by atoms with Gasteiger partial charge < -0.3 is 19.3 Å². The Kier molecular flexibility index (Phi) is 5.55. The number of carbonyl (C=O) groups excluding carboxylic acids is 1. The molecule has 26 heavy (non-hydrogen) atoms. The van der Waals surface area contributed by atoms with Crippen LogP contribution in [0, 0.1) is 6.92 Å². The number of ether oxygens (including phenoxy) is 2. The van der Waals surface area contributed by atoms with Crippen molar-refractivity contribution in [2.75, 3.05) is 45.3 Å². The zero-order valence-electron chi connectivity index (χ0n) is 15.4. The van der Waals surface area contributed by atoms with Crippen molar-refractivity contribution in [1.82, 2.24) is 14.9 Å². The molecular weight excluding hydrogens is 332 g/mol. The second-order valence-electron chi connectivity index (χ2n) is 6.25. The number of methoxy groups -OCH3 is 2. The number of hydrogen-bond donors (Lipinski definition) is 0. The van der Waals surface area contributed by atoms with E-state index in [4.69, 9.17) is 9.47 Å². The van der Waals surface area contributed by atoms with Crippen LogP contribution in [0.15, 0.2) is 30.6 Å². The minimum Gasteiger partial charge on any atom is -0.493 e. The minimum atomic E-state index is 0.121. The minimum absolute atomic E-state index is 0.121. The Hall–Kier alpha value is -2.83. The Balaban J connectivity index is 1.58. The van der Waals surface area contributed by atoms with Crippen LogP contribution in [0.5, 0.6) is 11.5 Å². The number of nitrogens with zero attached hydrogens (tertiary/aromatic N) is 4. The van der Waals surface area contributed by atoms with E-state index in [2.05, 4.69) is 14.9 Å². The Morgan fingerprint density at radius 2 is 1.77 bits per heavy atom. The summed E-state index contributed by atoms with van der Waals surface area (Å²) in [4.78, 5) is 25.2. The van der Waals surface area contributed by atoms with Crippen molar-refractivity contribution in [3.05, 3.63) is 41.9 Å². The van der Waals surface area contributed by atoms with E-state index in [1.165, 1.54) is 0 Å². The normalized spacial score (nSPS) is 14.3. The number of hydrogen-bond acceptors (Lipinski definition) is 6. The molecule has 3 rings (SSSR count). The Morgan fingerprint density at radius 1 is 1.04 bits per heavy atom. The summed E-state index contributed by atoms with van der Waals surface area (Å²) in [6.07, 6.45) is 1.94. The van der Waals surface area contributed by atoms with Crippen LogP contribution in [-0.4, -0.2) is 61.2 Å². The molecule has 2 aromatic rings. The summed E-state index contributed by atoms with van der Waals surface area (Å²) >= 11 is 0. The van der Waals surface area contributed by atoms with E-state index in [0.29, 0.717) is 31.0 Å². The lowest BCUT2D eigenvalue weighted by Gasteiger charge is -2.35. The highest BCUT2D eigenvalue weighted by Crippen LogP contribution is 2.28. The first kappa shape index (κ1) is 18.0. The SMILES string of the molecule is COc1ccc(CC(=O)N2CCN(c3cc(C)ncn3)CC2)cc1OC. The van der Waals surface area contributed by atoms with Gasteiger partial charge in [-0.2, -0.15) is 0 Å². The van der Waals surface area contributed by atoms with Gasteiger partial charge in [0, 0.05) is 37.9 Å². The van der Waals surface area contributed by atoms with Gasteiger partial charge in [-0.25, -0.2) is 9.97 Å². The molecule has 1 aliphatic heterocycles. The molecule has 0 bridgehead atoms. The van der Waals surface area contributed by atoms with Crippen LogP contribution >= 0.6 is 0 Å². The van der Waals surface area contributed by atoms with Crippen molar-refractivity contribution in [1.29, 1.82) is 0 Å². The summed E-state index contributed by atoms with van der Waals surface area (Å²) in [6, 6.07) is 7.56. The molecule has 0 spiro atoms. The first-order chi connectivity index (χ1) is 12.6. The highest BCUT2D eigenvalue weighted by molar-refractivity contribution is 5.79. The first-order valence-electron chi connectivity index (χ1n) is 8.63. The number of piperazine rings is 1. The summed E-state index contributed by atoms with van der Waals surface area (Å²) in [5.74, 6) is 2.35. The maximum absolute atomic E-state index is 12.6. The van der Waals surface area contributed by atoms with Gasteiger partial charge in [0.05, 0.1) is 20.6 Å². The van der Waals surface area contributed by atoms with Gasteiger partial charge in [0.1, 0.15) is 12.1 Å². The van der Waals surface area contributed by atoms with Crippen LogP contribution < -0.4 is 14.4 Å². The van der Waals surface area contributed by atoms with Gasteiger partial charge in [-0.3, -0.25) is 4.79 Å². The van der Waals surface area contributed by atoms with E-state index in [-0.39, 0.29) is 5.91 Å². The lowest BCUT2D eigenvalue weighted by molar-refractivity contribution is -0.130. The summed E-state index contributed by atoms with van der Waals surface area (Å²) in [5, 5.41) is 0. The molecule has 0 radical (unpaired) electrons. The lowest BCUT2D eigenvalue weighted by atomic mass is 10.1. The van der Waals surface area contributed by atoms with Gasteiger partial charge in [-0.05, 0) is 24.6 Å². The van der Waals surface area contributed by atoms with Gasteiger partial charge >= 0.3 is 0 Å². The number of aryl methyl sites for hydroxylation is 1. The predicted molar refractivity (Wildman–Crippen MR) is 98.8 cm³/mol. The lowest BCUT2D eigenvalue weighted by Crippen LogP contribution is -2.49. The van der Waals surface area contributed by atoms with Gasteiger partial charge in [-0.1, -0.05) is 6.07 Å². The number of aromatic nitrogens is 2. The average molecular weight is 356 g/mol. The Labute approximate surface area is 153 Å². The predicted octanol–water partition coefficient (Wildman–Crippen LogP) is 1.69. The molecule has 0 atom stereocenters. The molecular formula is C19H24N4O3. The number of carbonyl (C=O) groups is 1. The summed E-state index contributed by atoms with van der Waals surface area (Å²) in [7, 11) is 3.19. The van der Waals surface area contributed by atoms with E-state index in [0.717, 1.165) is 30.2 Å². The molecule has 2 heterocycles. The van der Waals surface area contributed by atoms with E-state index >= 15 is 0 Å². The van der Waals surface area contributed by atoms with Crippen molar-refractivity contribution >= 4 is 11.7 Å². The topological polar surface area (TPSA) is 67.8 Å². The Bertz CT molecular complexity index is 773. The number of anilines is 1. The molecule has 0 saturated carbocycles. The second kappa shape index (κ2) is 8.03. The van der Waals surface area contributed by atoms with Crippen LogP contribution in [-0.2, 0) is 11.2 Å². The molecule has 1 aliphatic rings. The quantitative estimate of drug-likeness (QED) is 0.812. The van der Waals surface area contributed by atoms with Crippen LogP contribution in [0.4, 0.5) is 5.82 Å². The van der Waals surface area contributed by atoms with E-state index < -0.39 is 0 Å². The third-order valence-corrected chi connectivity index (χ3v) is 4.55. The van der Waals surface area contributed by atoms with E-state index in [1.54, 1.807) is 20.5 Å². The maximum Gasteiger partial charge on any atom is 0.227 e. The van der Waals surface area contributed by atoms with E-state index in [1.807, 2.05) is 36.1 Å². The summed E-state index contributed by atoms with van der Waals surface area (Å²) in [6.45, 7) is 4.88. The molecule has 7 heteroatoms. The van der Waals surface area contributed by atoms with Gasteiger partial charge in [-0.15, -0.1) is 0 Å². The van der Waals surface area contributed by atoms with Gasteiger partial charge in [0.25, 0.3) is 0 Å². The fourth-order valence-electron chi connectivity index (χ4n) is 3.08. The van der Waals surface area contributed by atoms with Gasteiger partial charge in [0.2, 0.25) is 5.91 Å². The molecule has 0 N–H and O–H groups in total. The number of benzene rings is 1. The van der Waals surface area contributed by atoms with Crippen molar-refractivity contribution in [2.45, 2.75) is 13.3 Å². The fourth-order valence-corrected chi connectivity index (χ4v) is 3.08. The first-order valence-corrected chi connectivity index (χ1v) is 8.63. The maximum atomic E-state index is 12.6. The standard InChI is InChI=1S/C19H24N4O3/c1-14-10-18(21-13-20-14)22-6-8-23(9-7-22)19(24)12-15-4-5-16(25-2)17(11-15)26-3/h4-5,10-11,13H,6-9,12H2,1-3H3. The third kappa shape index (κ3) is 4.04. The zero-order chi connectivity index (χ0) is 18.5. The monoisotopic (exact) mass is 356 g/mol. The van der Waals surface area contributed by atoms with Crippen LogP contribution in [0.1, 0.15) is 11.3 Å². The highest BCUT2D eigenvalue weighted by Gasteiger charge is 2.22. The number of rotatable bonds is 5. The molecule has 138 valence electrons. The zero-order valence-corrected chi connectivity index (χ0v) is 15.4. The van der Waals surface area contributed by atoms with Crippen LogP contribution in [0.25, 0.3) is 0 Å². The van der Waals surface area contributed by atoms with Crippen molar-refractivity contribution in [2.24, 2.45) is 0 Å². The molecule has 0 aliphatic carbocycles. The fraction of sp³-hybridized carbons (Fsp3) is 0.421. The van der Waals surface area contributed by atoms with Crippen molar-refractivity contribution in [3.8, 4) is 11.5 Å². The molecule has 1 amide bonds. The second-order valence-corrected chi connectivity index (χ2v) is 6.25. The van der Waals surface area contributed by atoms with Crippen molar-refractivity contribution < 1.29 is 14.3 Å². The molecule has 1 saturated heterocycles. The summed E-state index contributed by atoms with van der Waals surface area (Å²) in [5.41, 5.74) is 1.86. The molecule has 1 aromatic heterocycles. The third-order valence-electron chi connectivity index (χ3n) is 4.55. The molecule has 7 nitrogen and oxygen atoms in total. The number of amides is 1. The van der Waals surface area contributed by atoms with Crippen molar-refractivity contribution in [3.63, 3.8) is 0 Å². The van der Waals surface area contributed by atoms with Gasteiger partial charge in [0.15, 0.2) is 11.5 Å².